The number of benzene rings is 2. The zero-order valence-corrected chi connectivity index (χ0v) is 19.7. The number of nitro benzene ring substituents is 1. The number of rotatable bonds is 5. The number of piperazine rings is 1. The Labute approximate surface area is 193 Å². The van der Waals surface area contributed by atoms with Gasteiger partial charge in [0.25, 0.3) is 5.69 Å². The van der Waals surface area contributed by atoms with Crippen LogP contribution in [0.4, 0.5) is 21.5 Å². The van der Waals surface area contributed by atoms with Gasteiger partial charge in [-0.2, -0.15) is 4.31 Å². The number of anilines is 2. The van der Waals surface area contributed by atoms with E-state index in [2.05, 4.69) is 6.92 Å². The van der Waals surface area contributed by atoms with Gasteiger partial charge in [-0.1, -0.05) is 19.1 Å². The standard InChI is InChI=1S/C23H29FN4O4S/c1-17-6-8-25(9-7-17)21-16-22(23(28(29)30)15-20(21)24)26-10-12-27(13-11-26)33(31,32)19-5-3-4-18(2)14-19/h3-5,14-17H,6-13H2,1-2H3. The summed E-state index contributed by atoms with van der Waals surface area (Å²) in [5.74, 6) is -0.0223. The van der Waals surface area contributed by atoms with Gasteiger partial charge in [0.1, 0.15) is 5.69 Å². The van der Waals surface area contributed by atoms with Crippen LogP contribution in [-0.2, 0) is 10.0 Å². The molecule has 178 valence electrons. The maximum absolute atomic E-state index is 14.8. The fourth-order valence-electron chi connectivity index (χ4n) is 4.53. The number of piperidine rings is 1. The zero-order chi connectivity index (χ0) is 23.8. The fraction of sp³-hybridized carbons (Fsp3) is 0.478. The molecule has 0 spiro atoms. The average Bonchev–Trinajstić information content (AvgIpc) is 2.79. The monoisotopic (exact) mass is 476 g/mol. The summed E-state index contributed by atoms with van der Waals surface area (Å²) in [6, 6.07) is 9.32. The molecule has 2 aromatic carbocycles. The minimum atomic E-state index is -3.65. The Kier molecular flexibility index (Phi) is 6.58. The van der Waals surface area contributed by atoms with E-state index in [1.54, 1.807) is 29.2 Å². The van der Waals surface area contributed by atoms with Gasteiger partial charge in [-0.25, -0.2) is 12.8 Å². The molecule has 0 bridgehead atoms. The van der Waals surface area contributed by atoms with E-state index in [1.165, 1.54) is 4.31 Å². The minimum absolute atomic E-state index is 0.196. The molecular formula is C23H29FN4O4S. The Balaban J connectivity index is 1.57. The summed E-state index contributed by atoms with van der Waals surface area (Å²) in [7, 11) is -3.65. The topological polar surface area (TPSA) is 87.0 Å². The Hall–Kier alpha value is -2.72. The first-order valence-electron chi connectivity index (χ1n) is 11.2. The molecule has 0 aromatic heterocycles. The third-order valence-electron chi connectivity index (χ3n) is 6.57. The van der Waals surface area contributed by atoms with E-state index in [-0.39, 0.29) is 36.8 Å². The van der Waals surface area contributed by atoms with Crippen LogP contribution in [0.3, 0.4) is 0 Å². The number of sulfonamides is 1. The van der Waals surface area contributed by atoms with Gasteiger partial charge < -0.3 is 9.80 Å². The van der Waals surface area contributed by atoms with E-state index < -0.39 is 20.8 Å². The fourth-order valence-corrected chi connectivity index (χ4v) is 6.05. The second-order valence-electron chi connectivity index (χ2n) is 8.93. The third kappa shape index (κ3) is 4.81. The van der Waals surface area contributed by atoms with Crippen molar-refractivity contribution in [2.75, 3.05) is 49.1 Å². The lowest BCUT2D eigenvalue weighted by Gasteiger charge is -2.36. The van der Waals surface area contributed by atoms with Gasteiger partial charge in [0, 0.05) is 39.3 Å². The highest BCUT2D eigenvalue weighted by molar-refractivity contribution is 7.89. The normalized spacial score (nSPS) is 18.5. The van der Waals surface area contributed by atoms with Crippen LogP contribution in [-0.4, -0.2) is 56.9 Å². The van der Waals surface area contributed by atoms with Crippen LogP contribution in [0.2, 0.25) is 0 Å². The molecule has 4 rings (SSSR count). The second-order valence-corrected chi connectivity index (χ2v) is 10.9. The highest BCUT2D eigenvalue weighted by Crippen LogP contribution is 2.37. The molecule has 2 aliphatic rings. The molecule has 2 fully saturated rings. The molecule has 33 heavy (non-hydrogen) atoms. The molecule has 2 saturated heterocycles. The molecule has 0 unspecified atom stereocenters. The Morgan fingerprint density at radius 2 is 1.61 bits per heavy atom. The van der Waals surface area contributed by atoms with Crippen molar-refractivity contribution in [3.63, 3.8) is 0 Å². The minimum Gasteiger partial charge on any atom is -0.369 e. The molecule has 0 atom stereocenters. The highest BCUT2D eigenvalue weighted by atomic mass is 32.2. The van der Waals surface area contributed by atoms with Crippen molar-refractivity contribution in [1.29, 1.82) is 0 Å². The summed E-state index contributed by atoms with van der Waals surface area (Å²) >= 11 is 0. The van der Waals surface area contributed by atoms with Crippen molar-refractivity contribution < 1.29 is 17.7 Å². The molecule has 0 amide bonds. The van der Waals surface area contributed by atoms with Crippen molar-refractivity contribution in [1.82, 2.24) is 4.31 Å². The highest BCUT2D eigenvalue weighted by Gasteiger charge is 2.32. The molecule has 2 aliphatic heterocycles. The summed E-state index contributed by atoms with van der Waals surface area (Å²) < 4.78 is 42.3. The van der Waals surface area contributed by atoms with Gasteiger partial charge in [-0.05, 0) is 49.4 Å². The lowest BCUT2D eigenvalue weighted by molar-refractivity contribution is -0.384. The Morgan fingerprint density at radius 1 is 0.970 bits per heavy atom. The van der Waals surface area contributed by atoms with Gasteiger partial charge in [-0.3, -0.25) is 10.1 Å². The van der Waals surface area contributed by atoms with Gasteiger partial charge in [0.05, 0.1) is 21.6 Å². The summed E-state index contributed by atoms with van der Waals surface area (Å²) in [6.07, 6.45) is 1.89. The molecule has 0 radical (unpaired) electrons. The van der Waals surface area contributed by atoms with E-state index in [9.17, 15) is 22.9 Å². The number of nitrogens with zero attached hydrogens (tertiary/aromatic N) is 4. The second kappa shape index (κ2) is 9.26. The van der Waals surface area contributed by atoms with E-state index in [0.717, 1.165) is 24.5 Å². The van der Waals surface area contributed by atoms with Crippen molar-refractivity contribution in [2.45, 2.75) is 31.6 Å². The lowest BCUT2D eigenvalue weighted by atomic mass is 9.98. The van der Waals surface area contributed by atoms with Crippen LogP contribution in [0.1, 0.15) is 25.3 Å². The largest absolute Gasteiger partial charge is 0.369 e. The Bertz CT molecular complexity index is 1140. The SMILES string of the molecule is Cc1cccc(S(=O)(=O)N2CCN(c3cc(N4CCC(C)CC4)c(F)cc3[N+](=O)[O-])CC2)c1. The van der Waals surface area contributed by atoms with E-state index in [1.807, 2.05) is 17.9 Å². The van der Waals surface area contributed by atoms with Crippen molar-refractivity contribution >= 4 is 27.1 Å². The quantitative estimate of drug-likeness (QED) is 0.482. The third-order valence-corrected chi connectivity index (χ3v) is 8.47. The molecule has 2 aromatic rings. The maximum Gasteiger partial charge on any atom is 0.295 e. The summed E-state index contributed by atoms with van der Waals surface area (Å²) in [6.45, 7) is 6.38. The van der Waals surface area contributed by atoms with E-state index in [0.29, 0.717) is 30.4 Å². The molecule has 10 heteroatoms. The number of halogens is 1. The van der Waals surface area contributed by atoms with Crippen molar-refractivity contribution in [3.8, 4) is 0 Å². The molecule has 0 saturated carbocycles. The van der Waals surface area contributed by atoms with Crippen molar-refractivity contribution in [3.05, 3.63) is 57.9 Å². The smallest absolute Gasteiger partial charge is 0.295 e. The van der Waals surface area contributed by atoms with E-state index >= 15 is 0 Å². The van der Waals surface area contributed by atoms with Crippen LogP contribution < -0.4 is 9.80 Å². The lowest BCUT2D eigenvalue weighted by Crippen LogP contribution is -2.48. The molecule has 8 nitrogen and oxygen atoms in total. The number of nitro groups is 1. The van der Waals surface area contributed by atoms with Crippen LogP contribution in [0.15, 0.2) is 41.3 Å². The number of hydrogen-bond acceptors (Lipinski definition) is 6. The van der Waals surface area contributed by atoms with Gasteiger partial charge in [0.2, 0.25) is 10.0 Å². The first-order chi connectivity index (χ1) is 15.7. The van der Waals surface area contributed by atoms with Gasteiger partial charge >= 0.3 is 0 Å². The van der Waals surface area contributed by atoms with Crippen LogP contribution in [0, 0.1) is 28.8 Å². The maximum atomic E-state index is 14.8. The van der Waals surface area contributed by atoms with Gasteiger partial charge in [0.15, 0.2) is 5.82 Å². The average molecular weight is 477 g/mol. The van der Waals surface area contributed by atoms with E-state index in [4.69, 9.17) is 0 Å². The van der Waals surface area contributed by atoms with Gasteiger partial charge in [-0.15, -0.1) is 0 Å². The predicted molar refractivity (Wildman–Crippen MR) is 126 cm³/mol. The summed E-state index contributed by atoms with van der Waals surface area (Å²) in [5.41, 5.74) is 1.27. The Morgan fingerprint density at radius 3 is 2.21 bits per heavy atom. The predicted octanol–water partition coefficient (Wildman–Crippen LogP) is 3.79. The number of hydrogen-bond donors (Lipinski definition) is 0. The van der Waals surface area contributed by atoms with Crippen LogP contribution >= 0.6 is 0 Å². The molecule has 0 N–H and O–H groups in total. The summed E-state index contributed by atoms with van der Waals surface area (Å²) in [5, 5.41) is 11.7. The first kappa shape index (κ1) is 23.4. The van der Waals surface area contributed by atoms with Crippen LogP contribution in [0.25, 0.3) is 0 Å². The summed E-state index contributed by atoms with van der Waals surface area (Å²) in [4.78, 5) is 15.1. The van der Waals surface area contributed by atoms with Crippen LogP contribution in [0.5, 0.6) is 0 Å². The number of aryl methyl sites for hydroxylation is 1. The zero-order valence-electron chi connectivity index (χ0n) is 18.9. The first-order valence-corrected chi connectivity index (χ1v) is 12.7. The molecule has 2 heterocycles. The van der Waals surface area contributed by atoms with Crippen molar-refractivity contribution in [2.24, 2.45) is 5.92 Å². The molecular weight excluding hydrogens is 447 g/mol. The molecule has 0 aliphatic carbocycles.